The number of benzene rings is 5. The summed E-state index contributed by atoms with van der Waals surface area (Å²) in [5, 5.41) is 15.5. The Morgan fingerprint density at radius 2 is 1.44 bits per heavy atom. The van der Waals surface area contributed by atoms with Crippen LogP contribution < -0.4 is 10.1 Å². The molecule has 1 atom stereocenters. The molecule has 0 aliphatic heterocycles. The van der Waals surface area contributed by atoms with E-state index < -0.39 is 12.0 Å². The van der Waals surface area contributed by atoms with Crippen molar-refractivity contribution >= 4 is 39.2 Å². The van der Waals surface area contributed by atoms with Crippen molar-refractivity contribution in [3.8, 4) is 5.75 Å². The molecule has 6 heteroatoms. The van der Waals surface area contributed by atoms with Gasteiger partial charge in [-0.3, -0.25) is 4.79 Å². The van der Waals surface area contributed by atoms with E-state index in [1.165, 1.54) is 16.3 Å². The molecule has 6 nitrogen and oxygen atoms in total. The minimum Gasteiger partial charge on any atom is -0.493 e. The van der Waals surface area contributed by atoms with Gasteiger partial charge in [-0.2, -0.15) is 0 Å². The second-order valence-corrected chi connectivity index (χ2v) is 10.7. The molecule has 6 aromatic rings. The van der Waals surface area contributed by atoms with Crippen LogP contribution in [0.25, 0.3) is 21.8 Å². The van der Waals surface area contributed by atoms with Gasteiger partial charge in [-0.05, 0) is 60.0 Å². The average molecular weight is 569 g/mol. The number of anilines is 1. The number of aromatic nitrogens is 1. The zero-order valence-electron chi connectivity index (χ0n) is 23.8. The van der Waals surface area contributed by atoms with E-state index in [2.05, 4.69) is 46.7 Å². The molecule has 1 unspecified atom stereocenters. The predicted octanol–water partition coefficient (Wildman–Crippen LogP) is 7.59. The molecule has 0 radical (unpaired) electrons. The van der Waals surface area contributed by atoms with Crippen LogP contribution in [0.3, 0.4) is 0 Å². The van der Waals surface area contributed by atoms with E-state index in [4.69, 9.17) is 4.74 Å². The first-order chi connectivity index (χ1) is 21.0. The highest BCUT2D eigenvalue weighted by Crippen LogP contribution is 2.26. The second-order valence-electron chi connectivity index (χ2n) is 10.7. The maximum absolute atomic E-state index is 13.3. The van der Waals surface area contributed by atoms with Gasteiger partial charge in [-0.15, -0.1) is 0 Å². The van der Waals surface area contributed by atoms with Crippen LogP contribution in [-0.4, -0.2) is 34.5 Å². The number of rotatable bonds is 11. The molecule has 0 saturated heterocycles. The van der Waals surface area contributed by atoms with E-state index in [1.807, 2.05) is 55.5 Å². The van der Waals surface area contributed by atoms with Crippen molar-refractivity contribution in [2.45, 2.75) is 25.8 Å². The fraction of sp³-hybridized carbons (Fsp3) is 0.135. The molecule has 0 fully saturated rings. The number of aryl methyl sites for hydroxylation is 1. The Bertz CT molecular complexity index is 1920. The number of nitrogens with one attached hydrogen (secondary N) is 2. The second kappa shape index (κ2) is 12.2. The molecule has 3 N–H and O–H groups in total. The zero-order chi connectivity index (χ0) is 29.8. The quantitative estimate of drug-likeness (QED) is 0.140. The molecule has 43 heavy (non-hydrogen) atoms. The van der Waals surface area contributed by atoms with Gasteiger partial charge in [0.1, 0.15) is 11.8 Å². The van der Waals surface area contributed by atoms with E-state index in [9.17, 15) is 14.7 Å². The number of carbonyl (C=O) groups excluding carboxylic acids is 1. The number of H-pyrrole nitrogens is 1. The van der Waals surface area contributed by atoms with Gasteiger partial charge in [-0.1, -0.05) is 78.9 Å². The van der Waals surface area contributed by atoms with Gasteiger partial charge in [0.25, 0.3) is 0 Å². The topological polar surface area (TPSA) is 91.4 Å². The van der Waals surface area contributed by atoms with Crippen LogP contribution in [0, 0.1) is 6.92 Å². The average Bonchev–Trinajstić information content (AvgIpc) is 3.39. The Morgan fingerprint density at radius 3 is 2.23 bits per heavy atom. The number of carboxylic acid groups (broad SMARTS) is 1. The van der Waals surface area contributed by atoms with Crippen LogP contribution >= 0.6 is 0 Å². The molecule has 1 aromatic heterocycles. The molecular weight excluding hydrogens is 536 g/mol. The van der Waals surface area contributed by atoms with Gasteiger partial charge < -0.3 is 20.1 Å². The SMILES string of the molecule is Cc1ccccc1C(=O)c1ccccc1NC(Cc1ccc(OCCc2ccc3c(c2)[nH]c2ccccc23)cc1)C(=O)O. The predicted molar refractivity (Wildman–Crippen MR) is 171 cm³/mol. The van der Waals surface area contributed by atoms with E-state index >= 15 is 0 Å². The Kier molecular flexibility index (Phi) is 7.92. The highest BCUT2D eigenvalue weighted by molar-refractivity contribution is 6.13. The van der Waals surface area contributed by atoms with E-state index in [0.717, 1.165) is 34.3 Å². The molecule has 0 spiro atoms. The standard InChI is InChI=1S/C37H32N2O4/c1-24-8-2-3-9-28(24)36(40)31-11-5-7-13-33(31)39-35(37(41)42)23-25-14-17-27(18-15-25)43-21-20-26-16-19-30-29-10-4-6-12-32(29)38-34(30)22-26/h2-19,22,35,38-39H,20-21,23H2,1H3,(H,41,42). The van der Waals surface area contributed by atoms with Gasteiger partial charge in [-0.25, -0.2) is 4.79 Å². The number of ketones is 1. The highest BCUT2D eigenvalue weighted by atomic mass is 16.5. The summed E-state index contributed by atoms with van der Waals surface area (Å²) in [7, 11) is 0. The number of aromatic amines is 1. The maximum atomic E-state index is 13.3. The lowest BCUT2D eigenvalue weighted by molar-refractivity contribution is -0.137. The van der Waals surface area contributed by atoms with Crippen LogP contribution in [0.1, 0.15) is 32.6 Å². The molecule has 5 aromatic carbocycles. The molecule has 0 saturated carbocycles. The molecule has 0 aliphatic rings. The Hall–Kier alpha value is -5.36. The fourth-order valence-electron chi connectivity index (χ4n) is 5.47. The maximum Gasteiger partial charge on any atom is 0.326 e. The third kappa shape index (κ3) is 6.14. The molecule has 1 heterocycles. The van der Waals surface area contributed by atoms with Crippen LogP contribution in [0.5, 0.6) is 5.75 Å². The summed E-state index contributed by atoms with van der Waals surface area (Å²) in [6.45, 7) is 2.41. The zero-order valence-corrected chi connectivity index (χ0v) is 23.8. The van der Waals surface area contributed by atoms with Gasteiger partial charge in [0.05, 0.1) is 6.61 Å². The van der Waals surface area contributed by atoms with E-state index in [0.29, 0.717) is 23.4 Å². The first kappa shape index (κ1) is 27.8. The monoisotopic (exact) mass is 568 g/mol. The molecule has 0 bridgehead atoms. The van der Waals surface area contributed by atoms with Crippen molar-refractivity contribution in [2.24, 2.45) is 0 Å². The van der Waals surface area contributed by atoms with Crippen molar-refractivity contribution in [3.63, 3.8) is 0 Å². The fourth-order valence-corrected chi connectivity index (χ4v) is 5.47. The van der Waals surface area contributed by atoms with Crippen LogP contribution in [0.4, 0.5) is 5.69 Å². The van der Waals surface area contributed by atoms with Crippen molar-refractivity contribution in [1.29, 1.82) is 0 Å². The summed E-state index contributed by atoms with van der Waals surface area (Å²) in [6.07, 6.45) is 1.01. The van der Waals surface area contributed by atoms with E-state index in [1.54, 1.807) is 30.3 Å². The van der Waals surface area contributed by atoms with Crippen LogP contribution in [-0.2, 0) is 17.6 Å². The smallest absolute Gasteiger partial charge is 0.326 e. The molecule has 214 valence electrons. The minimum atomic E-state index is -0.995. The number of hydrogen-bond donors (Lipinski definition) is 3. The summed E-state index contributed by atoms with van der Waals surface area (Å²) >= 11 is 0. The van der Waals surface area contributed by atoms with Crippen molar-refractivity contribution in [3.05, 3.63) is 143 Å². The van der Waals surface area contributed by atoms with Gasteiger partial charge >= 0.3 is 5.97 Å². The number of aliphatic carboxylic acids is 1. The van der Waals surface area contributed by atoms with Crippen LogP contribution in [0.2, 0.25) is 0 Å². The van der Waals surface area contributed by atoms with Crippen LogP contribution in [0.15, 0.2) is 115 Å². The Labute approximate surface area is 250 Å². The number of ether oxygens (including phenoxy) is 1. The molecular formula is C37H32N2O4. The Morgan fingerprint density at radius 1 is 0.767 bits per heavy atom. The minimum absolute atomic E-state index is 0.145. The lowest BCUT2D eigenvalue weighted by Crippen LogP contribution is -2.32. The largest absolute Gasteiger partial charge is 0.493 e. The Balaban J connectivity index is 1.08. The van der Waals surface area contributed by atoms with Crippen molar-refractivity contribution < 1.29 is 19.4 Å². The number of para-hydroxylation sites is 2. The number of hydrogen-bond acceptors (Lipinski definition) is 4. The molecule has 0 aliphatic carbocycles. The lowest BCUT2D eigenvalue weighted by atomic mass is 9.97. The number of fused-ring (bicyclic) bond motifs is 3. The number of carboxylic acids is 1. The summed E-state index contributed by atoms with van der Waals surface area (Å²) < 4.78 is 6.00. The van der Waals surface area contributed by atoms with Gasteiger partial charge in [0.2, 0.25) is 0 Å². The number of carbonyl (C=O) groups is 2. The first-order valence-electron chi connectivity index (χ1n) is 14.4. The summed E-state index contributed by atoms with van der Waals surface area (Å²) in [5.74, 6) is -0.414. The normalized spacial score (nSPS) is 11.8. The third-order valence-electron chi connectivity index (χ3n) is 7.78. The highest BCUT2D eigenvalue weighted by Gasteiger charge is 2.22. The lowest BCUT2D eigenvalue weighted by Gasteiger charge is -2.19. The van der Waals surface area contributed by atoms with E-state index in [-0.39, 0.29) is 12.2 Å². The van der Waals surface area contributed by atoms with Crippen molar-refractivity contribution in [1.82, 2.24) is 4.98 Å². The summed E-state index contributed by atoms with van der Waals surface area (Å²) in [4.78, 5) is 29.0. The molecule has 0 amide bonds. The third-order valence-corrected chi connectivity index (χ3v) is 7.78. The van der Waals surface area contributed by atoms with Gasteiger partial charge in [0, 0.05) is 51.5 Å². The summed E-state index contributed by atoms with van der Waals surface area (Å²) in [5.41, 5.74) is 6.68. The first-order valence-corrected chi connectivity index (χ1v) is 14.4. The van der Waals surface area contributed by atoms with Crippen molar-refractivity contribution in [2.75, 3.05) is 11.9 Å². The van der Waals surface area contributed by atoms with Gasteiger partial charge in [0.15, 0.2) is 5.78 Å². The summed E-state index contributed by atoms with van der Waals surface area (Å²) in [6, 6.07) is 35.8. The molecule has 6 rings (SSSR count).